The lowest BCUT2D eigenvalue weighted by atomic mass is 10.3. The average Bonchev–Trinajstić information content (AvgIpc) is 1.86. The zero-order chi connectivity index (χ0) is 8.85. The van der Waals surface area contributed by atoms with Crippen molar-refractivity contribution >= 4 is 15.9 Å². The fourth-order valence-corrected chi connectivity index (χ4v) is 0.727. The molecule has 4 heteroatoms. The van der Waals surface area contributed by atoms with Gasteiger partial charge in [0.05, 0.1) is 4.92 Å². The van der Waals surface area contributed by atoms with Gasteiger partial charge in [0, 0.05) is 16.6 Å². The molecule has 0 aromatic rings. The molecule has 60 valence electrons. The van der Waals surface area contributed by atoms with Crippen LogP contribution in [0.4, 0.5) is 0 Å². The van der Waals surface area contributed by atoms with E-state index in [0.29, 0.717) is 4.48 Å². The molecule has 0 bridgehead atoms. The maximum absolute atomic E-state index is 10.2. The summed E-state index contributed by atoms with van der Waals surface area (Å²) in [6.45, 7) is 5.18. The summed E-state index contributed by atoms with van der Waals surface area (Å²) in [5.74, 6) is 0. The number of nitrogens with zero attached hydrogens (tertiary/aromatic N) is 1. The standard InChI is InChI=1S/C7H8BrNO2/c1-3-4-7(9(10)11)5-6(2)8/h3-5H,2H2,1H3/b4-3-,7-5+. The van der Waals surface area contributed by atoms with Crippen molar-refractivity contribution in [3.63, 3.8) is 0 Å². The van der Waals surface area contributed by atoms with E-state index in [2.05, 4.69) is 22.5 Å². The third kappa shape index (κ3) is 4.50. The molecule has 0 fully saturated rings. The maximum atomic E-state index is 10.2. The molecule has 0 saturated heterocycles. The highest BCUT2D eigenvalue weighted by atomic mass is 79.9. The lowest BCUT2D eigenvalue weighted by Crippen LogP contribution is -1.94. The number of hydrogen-bond acceptors (Lipinski definition) is 2. The topological polar surface area (TPSA) is 43.1 Å². The first-order chi connectivity index (χ1) is 5.07. The molecule has 0 aromatic carbocycles. The molecule has 0 saturated carbocycles. The number of nitro groups is 1. The van der Waals surface area contributed by atoms with Crippen LogP contribution in [0, 0.1) is 10.1 Å². The van der Waals surface area contributed by atoms with Crippen LogP contribution in [0.5, 0.6) is 0 Å². The van der Waals surface area contributed by atoms with Gasteiger partial charge in [-0.25, -0.2) is 0 Å². The zero-order valence-electron chi connectivity index (χ0n) is 6.08. The third-order valence-corrected chi connectivity index (χ3v) is 1.08. The van der Waals surface area contributed by atoms with Gasteiger partial charge in [0.15, 0.2) is 0 Å². The molecule has 0 heterocycles. The molecule has 0 amide bonds. The first-order valence-electron chi connectivity index (χ1n) is 2.91. The summed E-state index contributed by atoms with van der Waals surface area (Å²) in [7, 11) is 0. The van der Waals surface area contributed by atoms with Crippen molar-refractivity contribution in [1.82, 2.24) is 0 Å². The monoisotopic (exact) mass is 217 g/mol. The lowest BCUT2D eigenvalue weighted by molar-refractivity contribution is -0.419. The second kappa shape index (κ2) is 4.85. The number of rotatable bonds is 3. The number of allylic oxidation sites excluding steroid dienone is 4. The minimum atomic E-state index is -0.466. The quantitative estimate of drug-likeness (QED) is 0.415. The van der Waals surface area contributed by atoms with Crippen molar-refractivity contribution in [1.29, 1.82) is 0 Å². The molecular weight excluding hydrogens is 210 g/mol. The van der Waals surface area contributed by atoms with Crippen LogP contribution in [0.25, 0.3) is 0 Å². The van der Waals surface area contributed by atoms with Gasteiger partial charge < -0.3 is 0 Å². The smallest absolute Gasteiger partial charge is 0.258 e. The van der Waals surface area contributed by atoms with Gasteiger partial charge in [-0.1, -0.05) is 28.6 Å². The van der Waals surface area contributed by atoms with Gasteiger partial charge >= 0.3 is 0 Å². The summed E-state index contributed by atoms with van der Waals surface area (Å²) in [6, 6.07) is 0. The molecule has 0 radical (unpaired) electrons. The molecule has 0 aromatic heterocycles. The van der Waals surface area contributed by atoms with E-state index in [1.807, 2.05) is 0 Å². The van der Waals surface area contributed by atoms with Crippen LogP contribution in [0.3, 0.4) is 0 Å². The second-order valence-electron chi connectivity index (χ2n) is 1.77. The van der Waals surface area contributed by atoms with Crippen LogP contribution >= 0.6 is 15.9 Å². The molecule has 0 N–H and O–H groups in total. The van der Waals surface area contributed by atoms with Crippen molar-refractivity contribution in [2.45, 2.75) is 6.92 Å². The molecule has 0 aliphatic carbocycles. The summed E-state index contributed by atoms with van der Waals surface area (Å²) in [6.07, 6.45) is 4.36. The van der Waals surface area contributed by atoms with Gasteiger partial charge in [0.1, 0.15) is 0 Å². The Kier molecular flexibility index (Phi) is 4.45. The summed E-state index contributed by atoms with van der Waals surface area (Å²) in [4.78, 5) is 9.78. The van der Waals surface area contributed by atoms with E-state index in [1.54, 1.807) is 13.0 Å². The number of halogens is 1. The minimum Gasteiger partial charge on any atom is -0.258 e. The Balaban J connectivity index is 4.59. The van der Waals surface area contributed by atoms with Crippen molar-refractivity contribution < 1.29 is 4.92 Å². The van der Waals surface area contributed by atoms with Crippen LogP contribution in [0.1, 0.15) is 6.92 Å². The Bertz CT molecular complexity index is 231. The van der Waals surface area contributed by atoms with Gasteiger partial charge in [0.2, 0.25) is 0 Å². The van der Waals surface area contributed by atoms with Crippen LogP contribution < -0.4 is 0 Å². The molecule has 0 atom stereocenters. The Morgan fingerprint density at radius 1 is 1.73 bits per heavy atom. The van der Waals surface area contributed by atoms with Crippen LogP contribution in [-0.2, 0) is 0 Å². The fraction of sp³-hybridized carbons (Fsp3) is 0.143. The fourth-order valence-electron chi connectivity index (χ4n) is 0.493. The Labute approximate surface area is 73.4 Å². The van der Waals surface area contributed by atoms with Crippen molar-refractivity contribution in [3.05, 3.63) is 45.1 Å². The highest BCUT2D eigenvalue weighted by Gasteiger charge is 2.03. The minimum absolute atomic E-state index is 0.0226. The maximum Gasteiger partial charge on any atom is 0.270 e. The van der Waals surface area contributed by atoms with Crippen LogP contribution in [0.15, 0.2) is 35.0 Å². The molecule has 0 spiro atoms. The summed E-state index contributed by atoms with van der Waals surface area (Å²) in [5, 5.41) is 10.2. The molecule has 0 unspecified atom stereocenters. The summed E-state index contributed by atoms with van der Waals surface area (Å²) in [5.41, 5.74) is 0.0226. The summed E-state index contributed by atoms with van der Waals surface area (Å²) >= 11 is 3.00. The Hall–Kier alpha value is -0.900. The molecule has 0 aliphatic rings. The molecular formula is C7H8BrNO2. The van der Waals surface area contributed by atoms with E-state index < -0.39 is 4.92 Å². The molecule has 3 nitrogen and oxygen atoms in total. The lowest BCUT2D eigenvalue weighted by Gasteiger charge is -1.88. The van der Waals surface area contributed by atoms with Crippen molar-refractivity contribution in [3.8, 4) is 0 Å². The SMILES string of the molecule is C=C(Br)/C=C(\C=C/C)[N+](=O)[O-]. The van der Waals surface area contributed by atoms with Crippen molar-refractivity contribution in [2.75, 3.05) is 0 Å². The van der Waals surface area contributed by atoms with Gasteiger partial charge in [-0.3, -0.25) is 10.1 Å². The van der Waals surface area contributed by atoms with E-state index in [0.717, 1.165) is 0 Å². The van der Waals surface area contributed by atoms with E-state index >= 15 is 0 Å². The second-order valence-corrected chi connectivity index (χ2v) is 2.79. The van der Waals surface area contributed by atoms with E-state index in [9.17, 15) is 10.1 Å². The predicted octanol–water partition coefficient (Wildman–Crippen LogP) is 2.63. The van der Waals surface area contributed by atoms with Crippen LogP contribution in [-0.4, -0.2) is 4.92 Å². The highest BCUT2D eigenvalue weighted by molar-refractivity contribution is 9.11. The highest BCUT2D eigenvalue weighted by Crippen LogP contribution is 2.08. The summed E-state index contributed by atoms with van der Waals surface area (Å²) < 4.78 is 0.488. The molecule has 0 rings (SSSR count). The Morgan fingerprint density at radius 2 is 2.27 bits per heavy atom. The third-order valence-electron chi connectivity index (χ3n) is 0.853. The molecule has 0 aliphatic heterocycles. The largest absolute Gasteiger partial charge is 0.270 e. The first-order valence-corrected chi connectivity index (χ1v) is 3.70. The molecule has 11 heavy (non-hydrogen) atoms. The van der Waals surface area contributed by atoms with Gasteiger partial charge in [0.25, 0.3) is 5.70 Å². The van der Waals surface area contributed by atoms with Gasteiger partial charge in [-0.15, -0.1) is 0 Å². The predicted molar refractivity (Wildman–Crippen MR) is 48.0 cm³/mol. The van der Waals surface area contributed by atoms with E-state index in [1.165, 1.54) is 12.2 Å². The van der Waals surface area contributed by atoms with Gasteiger partial charge in [-0.05, 0) is 6.92 Å². The zero-order valence-corrected chi connectivity index (χ0v) is 7.67. The Morgan fingerprint density at radius 3 is 2.55 bits per heavy atom. The van der Waals surface area contributed by atoms with Gasteiger partial charge in [-0.2, -0.15) is 0 Å². The average molecular weight is 218 g/mol. The van der Waals surface area contributed by atoms with E-state index in [4.69, 9.17) is 0 Å². The van der Waals surface area contributed by atoms with Crippen LogP contribution in [0.2, 0.25) is 0 Å². The van der Waals surface area contributed by atoms with Crippen molar-refractivity contribution in [2.24, 2.45) is 0 Å². The normalized spacial score (nSPS) is 12.0. The number of hydrogen-bond donors (Lipinski definition) is 0. The van der Waals surface area contributed by atoms with E-state index in [-0.39, 0.29) is 5.70 Å². The first kappa shape index (κ1) is 10.1.